The lowest BCUT2D eigenvalue weighted by Gasteiger charge is -2.41. The molecule has 2 N–H and O–H groups in total. The van der Waals surface area contributed by atoms with E-state index in [4.69, 9.17) is 0 Å². The van der Waals surface area contributed by atoms with Gasteiger partial charge in [0.15, 0.2) is 0 Å². The van der Waals surface area contributed by atoms with Gasteiger partial charge in [-0.1, -0.05) is 13.8 Å². The van der Waals surface area contributed by atoms with Gasteiger partial charge >= 0.3 is 0 Å². The van der Waals surface area contributed by atoms with Crippen LogP contribution in [0.3, 0.4) is 0 Å². The van der Waals surface area contributed by atoms with E-state index in [1.165, 1.54) is 12.0 Å². The molecule has 1 aliphatic rings. The van der Waals surface area contributed by atoms with E-state index in [0.29, 0.717) is 17.5 Å². The Morgan fingerprint density at radius 3 is 2.76 bits per heavy atom. The molecule has 0 bridgehead atoms. The Hall–Kier alpha value is -0.930. The number of rotatable bonds is 3. The van der Waals surface area contributed by atoms with Crippen molar-refractivity contribution in [3.8, 4) is 0 Å². The summed E-state index contributed by atoms with van der Waals surface area (Å²) < 4.78 is 0. The second-order valence-electron chi connectivity index (χ2n) is 5.68. The molecule has 2 heterocycles. The summed E-state index contributed by atoms with van der Waals surface area (Å²) in [7, 11) is 0. The normalized spacial score (nSPS) is 25.5. The summed E-state index contributed by atoms with van der Waals surface area (Å²) >= 11 is 0. The SMILES string of the molecule is C[C@@H](NC1CCNCC1(C)C)c1ccncc1. The zero-order chi connectivity index (χ0) is 12.3. The molecule has 0 spiro atoms. The number of pyridine rings is 1. The number of piperidine rings is 1. The molecule has 0 aliphatic carbocycles. The topological polar surface area (TPSA) is 37.0 Å². The lowest BCUT2D eigenvalue weighted by atomic mass is 9.79. The zero-order valence-corrected chi connectivity index (χ0v) is 11.0. The molecular weight excluding hydrogens is 210 g/mol. The molecule has 17 heavy (non-hydrogen) atoms. The van der Waals surface area contributed by atoms with Crippen molar-refractivity contribution in [3.63, 3.8) is 0 Å². The molecule has 0 radical (unpaired) electrons. The van der Waals surface area contributed by atoms with Gasteiger partial charge in [0.05, 0.1) is 0 Å². The predicted octanol–water partition coefficient (Wildman–Crippen LogP) is 2.12. The van der Waals surface area contributed by atoms with Gasteiger partial charge in [0, 0.05) is 31.0 Å². The molecule has 0 amide bonds. The minimum absolute atomic E-state index is 0.319. The van der Waals surface area contributed by atoms with E-state index in [-0.39, 0.29) is 0 Å². The van der Waals surface area contributed by atoms with Gasteiger partial charge in [-0.25, -0.2) is 0 Å². The monoisotopic (exact) mass is 233 g/mol. The maximum absolute atomic E-state index is 4.07. The highest BCUT2D eigenvalue weighted by molar-refractivity contribution is 5.14. The Bertz CT molecular complexity index is 348. The van der Waals surface area contributed by atoms with Gasteiger partial charge in [0.2, 0.25) is 0 Å². The quantitative estimate of drug-likeness (QED) is 0.839. The first-order chi connectivity index (χ1) is 8.09. The van der Waals surface area contributed by atoms with Crippen LogP contribution in [0.2, 0.25) is 0 Å². The first-order valence-electron chi connectivity index (χ1n) is 6.46. The molecule has 94 valence electrons. The molecular formula is C14H23N3. The van der Waals surface area contributed by atoms with E-state index in [1.807, 2.05) is 12.4 Å². The van der Waals surface area contributed by atoms with Crippen molar-refractivity contribution in [1.29, 1.82) is 0 Å². The second-order valence-corrected chi connectivity index (χ2v) is 5.68. The van der Waals surface area contributed by atoms with Gasteiger partial charge in [-0.2, -0.15) is 0 Å². The standard InChI is InChI=1S/C14H23N3/c1-11(12-4-7-15-8-5-12)17-13-6-9-16-10-14(13,2)3/h4-5,7-8,11,13,16-17H,6,9-10H2,1-3H3/t11-,13?/m1/s1. The summed E-state index contributed by atoms with van der Waals surface area (Å²) in [5, 5.41) is 7.23. The van der Waals surface area contributed by atoms with Crippen LogP contribution in [-0.4, -0.2) is 24.1 Å². The van der Waals surface area contributed by atoms with E-state index < -0.39 is 0 Å². The summed E-state index contributed by atoms with van der Waals surface area (Å²) in [5.74, 6) is 0. The Balaban J connectivity index is 2.00. The maximum atomic E-state index is 4.07. The molecule has 1 unspecified atom stereocenters. The molecule has 2 atom stereocenters. The minimum Gasteiger partial charge on any atom is -0.316 e. The van der Waals surface area contributed by atoms with Crippen molar-refractivity contribution in [3.05, 3.63) is 30.1 Å². The third-order valence-electron chi connectivity index (χ3n) is 3.79. The van der Waals surface area contributed by atoms with Crippen LogP contribution < -0.4 is 10.6 Å². The Morgan fingerprint density at radius 1 is 1.41 bits per heavy atom. The Morgan fingerprint density at radius 2 is 2.12 bits per heavy atom. The minimum atomic E-state index is 0.319. The van der Waals surface area contributed by atoms with Crippen molar-refractivity contribution in [2.75, 3.05) is 13.1 Å². The highest BCUT2D eigenvalue weighted by atomic mass is 15.0. The third kappa shape index (κ3) is 3.05. The van der Waals surface area contributed by atoms with Gasteiger partial charge < -0.3 is 10.6 Å². The molecule has 3 heteroatoms. The first kappa shape index (κ1) is 12.5. The van der Waals surface area contributed by atoms with Gasteiger partial charge in [0.1, 0.15) is 0 Å². The van der Waals surface area contributed by atoms with Crippen molar-refractivity contribution >= 4 is 0 Å². The molecule has 1 aromatic rings. The third-order valence-corrected chi connectivity index (χ3v) is 3.79. The van der Waals surface area contributed by atoms with Crippen molar-refractivity contribution in [1.82, 2.24) is 15.6 Å². The van der Waals surface area contributed by atoms with Crippen LogP contribution in [-0.2, 0) is 0 Å². The summed E-state index contributed by atoms with van der Waals surface area (Å²) in [4.78, 5) is 4.07. The molecule has 0 saturated carbocycles. The van der Waals surface area contributed by atoms with Crippen LogP contribution in [0.4, 0.5) is 0 Å². The molecule has 1 saturated heterocycles. The number of hydrogen-bond acceptors (Lipinski definition) is 3. The lowest BCUT2D eigenvalue weighted by molar-refractivity contribution is 0.174. The predicted molar refractivity (Wildman–Crippen MR) is 70.8 cm³/mol. The van der Waals surface area contributed by atoms with Crippen LogP contribution >= 0.6 is 0 Å². The summed E-state index contributed by atoms with van der Waals surface area (Å²) in [6.45, 7) is 9.09. The molecule has 1 aliphatic heterocycles. The van der Waals surface area contributed by atoms with Gasteiger partial charge in [-0.15, -0.1) is 0 Å². The van der Waals surface area contributed by atoms with Crippen LogP contribution in [0.25, 0.3) is 0 Å². The van der Waals surface area contributed by atoms with Crippen LogP contribution in [0.15, 0.2) is 24.5 Å². The average molecular weight is 233 g/mol. The molecule has 1 fully saturated rings. The summed E-state index contributed by atoms with van der Waals surface area (Å²) in [6, 6.07) is 5.14. The molecule has 3 nitrogen and oxygen atoms in total. The van der Waals surface area contributed by atoms with E-state index in [1.54, 1.807) is 0 Å². The van der Waals surface area contributed by atoms with E-state index in [0.717, 1.165) is 13.1 Å². The first-order valence-corrected chi connectivity index (χ1v) is 6.46. The van der Waals surface area contributed by atoms with Crippen molar-refractivity contribution < 1.29 is 0 Å². The highest BCUT2D eigenvalue weighted by Gasteiger charge is 2.32. The summed E-state index contributed by atoms with van der Waals surface area (Å²) in [5.41, 5.74) is 1.63. The number of nitrogens with zero attached hydrogens (tertiary/aromatic N) is 1. The molecule has 2 rings (SSSR count). The summed E-state index contributed by atoms with van der Waals surface area (Å²) in [6.07, 6.45) is 4.92. The van der Waals surface area contributed by atoms with E-state index in [2.05, 4.69) is 48.5 Å². The van der Waals surface area contributed by atoms with Crippen LogP contribution in [0, 0.1) is 5.41 Å². The second kappa shape index (κ2) is 5.15. The van der Waals surface area contributed by atoms with Gasteiger partial charge in [0.25, 0.3) is 0 Å². The fourth-order valence-corrected chi connectivity index (χ4v) is 2.53. The number of hydrogen-bond donors (Lipinski definition) is 2. The van der Waals surface area contributed by atoms with Crippen LogP contribution in [0.1, 0.15) is 38.8 Å². The van der Waals surface area contributed by atoms with E-state index in [9.17, 15) is 0 Å². The number of aromatic nitrogens is 1. The highest BCUT2D eigenvalue weighted by Crippen LogP contribution is 2.27. The Kier molecular flexibility index (Phi) is 3.79. The van der Waals surface area contributed by atoms with Gasteiger partial charge in [-0.05, 0) is 43.0 Å². The van der Waals surface area contributed by atoms with Crippen LogP contribution in [0.5, 0.6) is 0 Å². The maximum Gasteiger partial charge on any atom is 0.0295 e. The Labute approximate surface area is 104 Å². The molecule has 0 aromatic carbocycles. The fraction of sp³-hybridized carbons (Fsp3) is 0.643. The van der Waals surface area contributed by atoms with Crippen molar-refractivity contribution in [2.24, 2.45) is 5.41 Å². The van der Waals surface area contributed by atoms with E-state index >= 15 is 0 Å². The zero-order valence-electron chi connectivity index (χ0n) is 11.0. The van der Waals surface area contributed by atoms with Gasteiger partial charge in [-0.3, -0.25) is 4.98 Å². The largest absolute Gasteiger partial charge is 0.316 e. The average Bonchev–Trinajstić information content (AvgIpc) is 2.33. The van der Waals surface area contributed by atoms with Crippen molar-refractivity contribution in [2.45, 2.75) is 39.3 Å². The fourth-order valence-electron chi connectivity index (χ4n) is 2.53. The smallest absolute Gasteiger partial charge is 0.0295 e. The number of nitrogens with one attached hydrogen (secondary N) is 2. The lowest BCUT2D eigenvalue weighted by Crippen LogP contribution is -2.53. The molecule has 1 aromatic heterocycles.